The van der Waals surface area contributed by atoms with Crippen LogP contribution in [0.2, 0.25) is 0 Å². The molecule has 0 amide bonds. The maximum atomic E-state index is 5.71. The Bertz CT molecular complexity index is 224. The Hall–Kier alpha value is -0.0800. The van der Waals surface area contributed by atoms with E-state index in [9.17, 15) is 0 Å². The molecule has 1 saturated heterocycles. The minimum absolute atomic E-state index is 0.264. The van der Waals surface area contributed by atoms with E-state index >= 15 is 0 Å². The van der Waals surface area contributed by atoms with Gasteiger partial charge >= 0.3 is 0 Å². The average molecular weight is 227 g/mol. The van der Waals surface area contributed by atoms with Crippen LogP contribution in [-0.2, 0) is 4.74 Å². The minimum Gasteiger partial charge on any atom is -0.380 e. The maximum absolute atomic E-state index is 5.71. The monoisotopic (exact) mass is 227 g/mol. The van der Waals surface area contributed by atoms with Crippen LogP contribution in [0.25, 0.3) is 0 Å². The second-order valence-electron chi connectivity index (χ2n) is 7.15. The molecular weight excluding hydrogens is 198 g/mol. The highest BCUT2D eigenvalue weighted by molar-refractivity contribution is 4.91. The summed E-state index contributed by atoms with van der Waals surface area (Å²) in [6.07, 6.45) is 1.63. The van der Waals surface area contributed by atoms with Gasteiger partial charge in [-0.3, -0.25) is 4.90 Å². The Balaban J connectivity index is 2.72. The standard InChI is InChI=1S/C14H29NO/c1-13(2,3)11-8-9-15(14(4,5)6)10-12(11)16-7/h11-12H,8-10H2,1-7H3. The first-order valence-electron chi connectivity index (χ1n) is 6.44. The van der Waals surface area contributed by atoms with Gasteiger partial charge in [0.05, 0.1) is 6.10 Å². The number of hydrogen-bond acceptors (Lipinski definition) is 2. The molecule has 0 radical (unpaired) electrons. The van der Waals surface area contributed by atoms with Crippen LogP contribution in [0.3, 0.4) is 0 Å². The van der Waals surface area contributed by atoms with Crippen molar-refractivity contribution in [3.63, 3.8) is 0 Å². The van der Waals surface area contributed by atoms with Crippen molar-refractivity contribution in [2.45, 2.75) is 59.6 Å². The molecule has 96 valence electrons. The highest BCUT2D eigenvalue weighted by atomic mass is 16.5. The predicted molar refractivity (Wildman–Crippen MR) is 69.7 cm³/mol. The molecule has 1 heterocycles. The van der Waals surface area contributed by atoms with E-state index in [4.69, 9.17) is 4.74 Å². The van der Waals surface area contributed by atoms with Crippen LogP contribution in [0.1, 0.15) is 48.0 Å². The molecule has 2 atom stereocenters. The zero-order chi connectivity index (χ0) is 12.6. The number of ether oxygens (including phenoxy) is 1. The fourth-order valence-corrected chi connectivity index (χ4v) is 2.76. The van der Waals surface area contributed by atoms with Gasteiger partial charge in [0.15, 0.2) is 0 Å². The number of rotatable bonds is 1. The van der Waals surface area contributed by atoms with E-state index < -0.39 is 0 Å². The van der Waals surface area contributed by atoms with E-state index in [0.29, 0.717) is 17.4 Å². The Morgan fingerprint density at radius 2 is 1.62 bits per heavy atom. The van der Waals surface area contributed by atoms with Crippen molar-refractivity contribution >= 4 is 0 Å². The highest BCUT2D eigenvalue weighted by Crippen LogP contribution is 2.37. The van der Waals surface area contributed by atoms with Gasteiger partial charge in [-0.1, -0.05) is 20.8 Å². The van der Waals surface area contributed by atoms with E-state index in [2.05, 4.69) is 46.4 Å². The number of nitrogens with zero attached hydrogens (tertiary/aromatic N) is 1. The second-order valence-corrected chi connectivity index (χ2v) is 7.15. The molecule has 0 saturated carbocycles. The van der Waals surface area contributed by atoms with Crippen LogP contribution < -0.4 is 0 Å². The first kappa shape index (κ1) is 14.0. The first-order chi connectivity index (χ1) is 7.16. The van der Waals surface area contributed by atoms with Crippen LogP contribution >= 0.6 is 0 Å². The summed E-state index contributed by atoms with van der Waals surface area (Å²) in [5.41, 5.74) is 0.615. The Labute approximate surface area is 101 Å². The third-order valence-corrected chi connectivity index (χ3v) is 3.92. The van der Waals surface area contributed by atoms with Crippen molar-refractivity contribution in [2.75, 3.05) is 20.2 Å². The fourth-order valence-electron chi connectivity index (χ4n) is 2.76. The summed E-state index contributed by atoms with van der Waals surface area (Å²) < 4.78 is 5.71. The third kappa shape index (κ3) is 3.21. The van der Waals surface area contributed by atoms with Crippen molar-refractivity contribution < 1.29 is 4.74 Å². The molecule has 1 aliphatic rings. The largest absolute Gasteiger partial charge is 0.380 e. The first-order valence-corrected chi connectivity index (χ1v) is 6.44. The number of hydrogen-bond donors (Lipinski definition) is 0. The van der Waals surface area contributed by atoms with Gasteiger partial charge in [0.2, 0.25) is 0 Å². The third-order valence-electron chi connectivity index (χ3n) is 3.92. The van der Waals surface area contributed by atoms with Crippen LogP contribution in [0.4, 0.5) is 0 Å². The van der Waals surface area contributed by atoms with Crippen LogP contribution in [0, 0.1) is 11.3 Å². The number of piperidine rings is 1. The molecule has 1 rings (SSSR count). The molecule has 2 nitrogen and oxygen atoms in total. The minimum atomic E-state index is 0.264. The zero-order valence-corrected chi connectivity index (χ0v) is 12.1. The SMILES string of the molecule is COC1CN(C(C)(C)C)CCC1C(C)(C)C. The van der Waals surface area contributed by atoms with E-state index in [-0.39, 0.29) is 5.54 Å². The van der Waals surface area contributed by atoms with Crippen molar-refractivity contribution in [2.24, 2.45) is 11.3 Å². The summed E-state index contributed by atoms with van der Waals surface area (Å²) in [6, 6.07) is 0. The van der Waals surface area contributed by atoms with E-state index in [0.717, 1.165) is 6.54 Å². The molecule has 0 aromatic carbocycles. The normalized spacial score (nSPS) is 29.4. The lowest BCUT2D eigenvalue weighted by Crippen LogP contribution is -2.54. The second kappa shape index (κ2) is 4.66. The summed E-state index contributed by atoms with van der Waals surface area (Å²) in [4.78, 5) is 2.55. The quantitative estimate of drug-likeness (QED) is 0.682. The highest BCUT2D eigenvalue weighted by Gasteiger charge is 2.39. The molecule has 0 aromatic rings. The molecule has 0 aliphatic carbocycles. The summed E-state index contributed by atoms with van der Waals surface area (Å²) in [7, 11) is 1.86. The lowest BCUT2D eigenvalue weighted by molar-refractivity contribution is -0.0705. The molecule has 2 unspecified atom stereocenters. The van der Waals surface area contributed by atoms with Gasteiger partial charge in [-0.25, -0.2) is 0 Å². The van der Waals surface area contributed by atoms with Gasteiger partial charge in [-0.2, -0.15) is 0 Å². The molecule has 0 bridgehead atoms. The molecule has 1 fully saturated rings. The summed E-state index contributed by atoms with van der Waals surface area (Å²) in [5.74, 6) is 0.677. The molecule has 16 heavy (non-hydrogen) atoms. The maximum Gasteiger partial charge on any atom is 0.0731 e. The van der Waals surface area contributed by atoms with E-state index in [1.54, 1.807) is 0 Å². The van der Waals surface area contributed by atoms with Crippen molar-refractivity contribution in [1.29, 1.82) is 0 Å². The molecule has 0 spiro atoms. The predicted octanol–water partition coefficient (Wildman–Crippen LogP) is 3.17. The van der Waals surface area contributed by atoms with E-state index in [1.165, 1.54) is 13.0 Å². The Kier molecular flexibility index (Phi) is 4.07. The van der Waals surface area contributed by atoms with Gasteiger partial charge < -0.3 is 4.74 Å². The van der Waals surface area contributed by atoms with Crippen LogP contribution in [0.15, 0.2) is 0 Å². The van der Waals surface area contributed by atoms with Crippen molar-refractivity contribution in [1.82, 2.24) is 4.90 Å². The number of methoxy groups -OCH3 is 1. The molecular formula is C14H29NO. The fraction of sp³-hybridized carbons (Fsp3) is 1.00. The van der Waals surface area contributed by atoms with Gasteiger partial charge in [0.1, 0.15) is 0 Å². The summed E-state index contributed by atoms with van der Waals surface area (Å²) >= 11 is 0. The summed E-state index contributed by atoms with van der Waals surface area (Å²) in [5, 5.41) is 0. The molecule has 2 heteroatoms. The zero-order valence-electron chi connectivity index (χ0n) is 12.1. The summed E-state index contributed by atoms with van der Waals surface area (Å²) in [6.45, 7) is 16.1. The van der Waals surface area contributed by atoms with E-state index in [1.807, 2.05) is 7.11 Å². The number of likely N-dealkylation sites (tertiary alicyclic amines) is 1. The Morgan fingerprint density at radius 1 is 1.06 bits per heavy atom. The molecule has 0 aromatic heterocycles. The van der Waals surface area contributed by atoms with Gasteiger partial charge in [0, 0.05) is 19.2 Å². The topological polar surface area (TPSA) is 12.5 Å². The Morgan fingerprint density at radius 3 is 2.00 bits per heavy atom. The van der Waals surface area contributed by atoms with Crippen LogP contribution in [0.5, 0.6) is 0 Å². The lowest BCUT2D eigenvalue weighted by Gasteiger charge is -2.48. The van der Waals surface area contributed by atoms with Crippen molar-refractivity contribution in [3.8, 4) is 0 Å². The van der Waals surface area contributed by atoms with Gasteiger partial charge in [-0.05, 0) is 45.1 Å². The lowest BCUT2D eigenvalue weighted by atomic mass is 9.73. The smallest absolute Gasteiger partial charge is 0.0731 e. The van der Waals surface area contributed by atoms with Crippen molar-refractivity contribution in [3.05, 3.63) is 0 Å². The van der Waals surface area contributed by atoms with Crippen LogP contribution in [-0.4, -0.2) is 36.7 Å². The molecule has 1 aliphatic heterocycles. The molecule has 0 N–H and O–H groups in total. The average Bonchev–Trinajstić information content (AvgIpc) is 2.14. The van der Waals surface area contributed by atoms with Gasteiger partial charge in [-0.15, -0.1) is 0 Å². The van der Waals surface area contributed by atoms with Gasteiger partial charge in [0.25, 0.3) is 0 Å².